The van der Waals surface area contributed by atoms with Crippen molar-refractivity contribution in [3.63, 3.8) is 0 Å². The highest BCUT2D eigenvalue weighted by atomic mass is 16.5. The molecular weight excluding hydrogens is 404 g/mol. The maximum atomic E-state index is 5.48. The molecule has 1 unspecified atom stereocenters. The van der Waals surface area contributed by atoms with Crippen LogP contribution >= 0.6 is 0 Å². The summed E-state index contributed by atoms with van der Waals surface area (Å²) in [6.45, 7) is 10.7. The highest BCUT2D eigenvalue weighted by molar-refractivity contribution is 5.80. The summed E-state index contributed by atoms with van der Waals surface area (Å²) in [7, 11) is 1.73. The number of hydrogen-bond acceptors (Lipinski definition) is 6. The average molecular weight is 441 g/mol. The van der Waals surface area contributed by atoms with Crippen LogP contribution in [0.5, 0.6) is 5.75 Å². The molecule has 0 aliphatic carbocycles. The molecule has 0 spiro atoms. The number of nitrogens with one attached hydrogen (secondary N) is 1. The standard InChI is InChI=1S/C24H36N6O2/c1-3-25-24(30-14-12-28(13-15-30)19-21-9-16-32-27-21)26-18-23(29-10-4-5-11-29)20-7-6-8-22(17-20)31-2/h6-9,16-17,23H,3-5,10-15,18-19H2,1-2H3,(H,25,26). The molecule has 3 heterocycles. The maximum Gasteiger partial charge on any atom is 0.194 e. The number of nitrogens with zero attached hydrogens (tertiary/aromatic N) is 5. The van der Waals surface area contributed by atoms with Gasteiger partial charge in [-0.2, -0.15) is 0 Å². The summed E-state index contributed by atoms with van der Waals surface area (Å²) in [6.07, 6.45) is 4.16. The fourth-order valence-electron chi connectivity index (χ4n) is 4.60. The first kappa shape index (κ1) is 22.6. The molecule has 1 aromatic carbocycles. The van der Waals surface area contributed by atoms with E-state index in [1.807, 2.05) is 12.1 Å². The average Bonchev–Trinajstić information content (AvgIpc) is 3.54. The minimum atomic E-state index is 0.273. The van der Waals surface area contributed by atoms with Gasteiger partial charge in [0, 0.05) is 45.3 Å². The van der Waals surface area contributed by atoms with Gasteiger partial charge in [-0.25, -0.2) is 0 Å². The van der Waals surface area contributed by atoms with E-state index >= 15 is 0 Å². The molecule has 0 bridgehead atoms. The first-order chi connectivity index (χ1) is 15.8. The molecule has 8 nitrogen and oxygen atoms in total. The summed E-state index contributed by atoms with van der Waals surface area (Å²) in [4.78, 5) is 12.5. The summed E-state index contributed by atoms with van der Waals surface area (Å²) in [5.41, 5.74) is 2.27. The number of methoxy groups -OCH3 is 1. The van der Waals surface area contributed by atoms with Crippen molar-refractivity contribution in [3.8, 4) is 5.75 Å². The molecule has 1 aromatic heterocycles. The third kappa shape index (κ3) is 5.81. The second-order valence-corrected chi connectivity index (χ2v) is 8.48. The van der Waals surface area contributed by atoms with Crippen molar-refractivity contribution >= 4 is 5.96 Å². The van der Waals surface area contributed by atoms with Crippen molar-refractivity contribution in [3.05, 3.63) is 47.9 Å². The van der Waals surface area contributed by atoms with Crippen molar-refractivity contribution in [1.82, 2.24) is 25.2 Å². The molecular formula is C24H36N6O2. The van der Waals surface area contributed by atoms with Gasteiger partial charge >= 0.3 is 0 Å². The van der Waals surface area contributed by atoms with Crippen molar-refractivity contribution < 1.29 is 9.26 Å². The number of rotatable bonds is 8. The van der Waals surface area contributed by atoms with Gasteiger partial charge in [0.05, 0.1) is 25.4 Å². The zero-order valence-electron chi connectivity index (χ0n) is 19.4. The highest BCUT2D eigenvalue weighted by Gasteiger charge is 2.25. The first-order valence-corrected chi connectivity index (χ1v) is 11.8. The third-order valence-corrected chi connectivity index (χ3v) is 6.36. The van der Waals surface area contributed by atoms with Gasteiger partial charge < -0.3 is 19.5 Å². The summed E-state index contributed by atoms with van der Waals surface area (Å²) in [5.74, 6) is 1.92. The van der Waals surface area contributed by atoms with Gasteiger partial charge in [0.2, 0.25) is 0 Å². The van der Waals surface area contributed by atoms with Crippen LogP contribution < -0.4 is 10.1 Å². The fraction of sp³-hybridized carbons (Fsp3) is 0.583. The van der Waals surface area contributed by atoms with E-state index in [1.165, 1.54) is 18.4 Å². The number of hydrogen-bond donors (Lipinski definition) is 1. The van der Waals surface area contributed by atoms with Crippen LogP contribution in [0.3, 0.4) is 0 Å². The van der Waals surface area contributed by atoms with E-state index in [4.69, 9.17) is 14.3 Å². The van der Waals surface area contributed by atoms with Crippen molar-refractivity contribution in [2.75, 3.05) is 59.5 Å². The smallest absolute Gasteiger partial charge is 0.194 e. The van der Waals surface area contributed by atoms with Gasteiger partial charge in [-0.15, -0.1) is 0 Å². The van der Waals surface area contributed by atoms with Crippen LogP contribution in [0.15, 0.2) is 46.1 Å². The van der Waals surface area contributed by atoms with Crippen molar-refractivity contribution in [1.29, 1.82) is 0 Å². The molecule has 1 N–H and O–H groups in total. The van der Waals surface area contributed by atoms with Crippen molar-refractivity contribution in [2.45, 2.75) is 32.4 Å². The number of benzene rings is 1. The molecule has 0 amide bonds. The topological polar surface area (TPSA) is 69.4 Å². The van der Waals surface area contributed by atoms with Gasteiger partial charge in [0.25, 0.3) is 0 Å². The van der Waals surface area contributed by atoms with E-state index < -0.39 is 0 Å². The molecule has 32 heavy (non-hydrogen) atoms. The molecule has 0 radical (unpaired) electrons. The summed E-state index contributed by atoms with van der Waals surface area (Å²) in [6, 6.07) is 10.7. The molecule has 2 saturated heterocycles. The second kappa shape index (κ2) is 11.3. The molecule has 2 aromatic rings. The molecule has 1 atom stereocenters. The minimum Gasteiger partial charge on any atom is -0.497 e. The molecule has 2 aliphatic rings. The summed E-state index contributed by atoms with van der Waals surface area (Å²) < 4.78 is 10.5. The normalized spacial score (nSPS) is 19.3. The van der Waals surface area contributed by atoms with Gasteiger partial charge in [0.15, 0.2) is 5.96 Å². The predicted molar refractivity (Wildman–Crippen MR) is 126 cm³/mol. The molecule has 174 valence electrons. The Hall–Kier alpha value is -2.58. The van der Waals surface area contributed by atoms with Gasteiger partial charge in [-0.05, 0) is 50.6 Å². The minimum absolute atomic E-state index is 0.273. The van der Waals surface area contributed by atoms with Gasteiger partial charge in [-0.1, -0.05) is 17.3 Å². The molecule has 4 rings (SSSR count). The van der Waals surface area contributed by atoms with E-state index in [9.17, 15) is 0 Å². The Balaban J connectivity index is 1.43. The zero-order chi connectivity index (χ0) is 22.2. The molecule has 8 heteroatoms. The number of piperazine rings is 1. The van der Waals surface area contributed by atoms with Crippen LogP contribution in [-0.4, -0.2) is 85.3 Å². The third-order valence-electron chi connectivity index (χ3n) is 6.36. The van der Waals surface area contributed by atoms with Gasteiger partial charge in [0.1, 0.15) is 12.0 Å². The second-order valence-electron chi connectivity index (χ2n) is 8.48. The number of ether oxygens (including phenoxy) is 1. The molecule has 0 saturated carbocycles. The van der Waals surface area contributed by atoms with Crippen LogP contribution in [0.1, 0.15) is 37.1 Å². The largest absolute Gasteiger partial charge is 0.497 e. The first-order valence-electron chi connectivity index (χ1n) is 11.8. The van der Waals surface area contributed by atoms with Crippen LogP contribution in [0, 0.1) is 0 Å². The number of aliphatic imine (C=N–C) groups is 1. The van der Waals surface area contributed by atoms with Gasteiger partial charge in [-0.3, -0.25) is 14.8 Å². The number of aromatic nitrogens is 1. The zero-order valence-corrected chi connectivity index (χ0v) is 19.4. The van der Waals surface area contributed by atoms with E-state index in [0.717, 1.165) is 76.3 Å². The Kier molecular flexibility index (Phi) is 8.01. The molecule has 2 aliphatic heterocycles. The van der Waals surface area contributed by atoms with E-state index in [1.54, 1.807) is 13.4 Å². The van der Waals surface area contributed by atoms with Crippen LogP contribution in [-0.2, 0) is 6.54 Å². The van der Waals surface area contributed by atoms with Crippen LogP contribution in [0.2, 0.25) is 0 Å². The quantitative estimate of drug-likeness (QED) is 0.500. The Labute approximate surface area is 191 Å². The van der Waals surface area contributed by atoms with E-state index in [-0.39, 0.29) is 6.04 Å². The Morgan fingerprint density at radius 2 is 1.97 bits per heavy atom. The summed E-state index contributed by atoms with van der Waals surface area (Å²) >= 11 is 0. The number of likely N-dealkylation sites (tertiary alicyclic amines) is 1. The molecule has 2 fully saturated rings. The van der Waals surface area contributed by atoms with Crippen LogP contribution in [0.4, 0.5) is 0 Å². The van der Waals surface area contributed by atoms with Crippen LogP contribution in [0.25, 0.3) is 0 Å². The van der Waals surface area contributed by atoms with Crippen molar-refractivity contribution in [2.24, 2.45) is 4.99 Å². The highest BCUT2D eigenvalue weighted by Crippen LogP contribution is 2.28. The Morgan fingerprint density at radius 1 is 1.16 bits per heavy atom. The Morgan fingerprint density at radius 3 is 2.66 bits per heavy atom. The SMILES string of the molecule is CCNC(=NCC(c1cccc(OC)c1)N1CCCC1)N1CCN(Cc2ccon2)CC1. The lowest BCUT2D eigenvalue weighted by atomic mass is 10.1. The number of guanidine groups is 1. The Bertz CT molecular complexity index is 842. The lowest BCUT2D eigenvalue weighted by Crippen LogP contribution is -2.52. The monoisotopic (exact) mass is 440 g/mol. The summed E-state index contributed by atoms with van der Waals surface area (Å²) in [5, 5.41) is 7.56. The lowest BCUT2D eigenvalue weighted by molar-refractivity contribution is 0.168. The van der Waals surface area contributed by atoms with E-state index in [2.05, 4.69) is 50.3 Å². The predicted octanol–water partition coefficient (Wildman–Crippen LogP) is 2.60. The maximum absolute atomic E-state index is 5.48. The van der Waals surface area contributed by atoms with E-state index in [0.29, 0.717) is 0 Å². The lowest BCUT2D eigenvalue weighted by Gasteiger charge is -2.36. The fourth-order valence-corrected chi connectivity index (χ4v) is 4.60.